The van der Waals surface area contributed by atoms with Crippen molar-refractivity contribution in [1.29, 1.82) is 0 Å². The highest BCUT2D eigenvalue weighted by Crippen LogP contribution is 2.14. The summed E-state index contributed by atoms with van der Waals surface area (Å²) in [5.74, 6) is 0.300. The molecule has 0 aliphatic carbocycles. The second-order valence-corrected chi connectivity index (χ2v) is 6.74. The van der Waals surface area contributed by atoms with Gasteiger partial charge in [0.2, 0.25) is 0 Å². The fraction of sp³-hybridized carbons (Fsp3) is 0.0417. The molecule has 3 aromatic rings. The number of esters is 1. The second-order valence-electron chi connectivity index (χ2n) is 6.30. The summed E-state index contributed by atoms with van der Waals surface area (Å²) in [4.78, 5) is 24.0. The fourth-order valence-electron chi connectivity index (χ4n) is 2.48. The Bertz CT molecular complexity index is 1090. The van der Waals surface area contributed by atoms with Crippen LogP contribution in [0.2, 0.25) is 5.02 Å². The van der Waals surface area contributed by atoms with Crippen molar-refractivity contribution in [2.75, 3.05) is 7.11 Å². The van der Waals surface area contributed by atoms with E-state index in [0.717, 1.165) is 16.9 Å². The number of ether oxygens (including phenoxy) is 2. The minimum Gasteiger partial charge on any atom is -0.497 e. The number of nitrogens with one attached hydrogen (secondary N) is 1. The highest BCUT2D eigenvalue weighted by Gasteiger charge is 2.04. The molecule has 156 valence electrons. The molecular formula is C24H19ClN2O4. The van der Waals surface area contributed by atoms with Crippen LogP contribution < -0.4 is 14.9 Å². The Labute approximate surface area is 184 Å². The highest BCUT2D eigenvalue weighted by atomic mass is 35.5. The van der Waals surface area contributed by atoms with Crippen LogP contribution in [0.25, 0.3) is 6.08 Å². The molecule has 0 unspecified atom stereocenters. The molecule has 0 saturated carbocycles. The third-order valence-corrected chi connectivity index (χ3v) is 4.36. The maximum absolute atomic E-state index is 12.0. The molecular weight excluding hydrogens is 416 g/mol. The number of amides is 1. The van der Waals surface area contributed by atoms with Crippen molar-refractivity contribution >= 4 is 35.8 Å². The number of hydrazone groups is 1. The first-order valence-electron chi connectivity index (χ1n) is 9.26. The SMILES string of the molecule is COc1ccc(C=CC(=O)Oc2ccc(C=NNC(=O)c3ccc(Cl)cc3)cc2)cc1. The van der Waals surface area contributed by atoms with Crippen molar-refractivity contribution in [2.45, 2.75) is 0 Å². The minimum absolute atomic E-state index is 0.345. The lowest BCUT2D eigenvalue weighted by molar-refractivity contribution is -0.128. The number of carbonyl (C=O) groups is 2. The molecule has 3 aromatic carbocycles. The van der Waals surface area contributed by atoms with E-state index in [2.05, 4.69) is 10.5 Å². The van der Waals surface area contributed by atoms with E-state index < -0.39 is 5.97 Å². The summed E-state index contributed by atoms with van der Waals surface area (Å²) in [6, 6.07) is 20.5. The van der Waals surface area contributed by atoms with Gasteiger partial charge in [0.25, 0.3) is 5.91 Å². The minimum atomic E-state index is -0.493. The molecule has 0 spiro atoms. The van der Waals surface area contributed by atoms with Gasteiger partial charge in [-0.3, -0.25) is 4.79 Å². The van der Waals surface area contributed by atoms with Crippen molar-refractivity contribution in [3.8, 4) is 11.5 Å². The van der Waals surface area contributed by atoms with Crippen LogP contribution in [-0.2, 0) is 4.79 Å². The number of rotatable bonds is 7. The summed E-state index contributed by atoms with van der Waals surface area (Å²) in [6.45, 7) is 0. The summed E-state index contributed by atoms with van der Waals surface area (Å²) in [7, 11) is 1.59. The number of carbonyl (C=O) groups excluding carboxylic acids is 2. The zero-order valence-corrected chi connectivity index (χ0v) is 17.4. The molecule has 0 fully saturated rings. The normalized spacial score (nSPS) is 10.9. The smallest absolute Gasteiger partial charge is 0.336 e. The molecule has 0 radical (unpaired) electrons. The molecule has 0 aliphatic heterocycles. The van der Waals surface area contributed by atoms with Crippen LogP contribution in [0.15, 0.2) is 84.0 Å². The summed E-state index contributed by atoms with van der Waals surface area (Å²) in [6.07, 6.45) is 4.50. The number of methoxy groups -OCH3 is 1. The van der Waals surface area contributed by atoms with Gasteiger partial charge in [-0.15, -0.1) is 0 Å². The van der Waals surface area contributed by atoms with Crippen molar-refractivity contribution < 1.29 is 19.1 Å². The molecule has 1 amide bonds. The Hall–Kier alpha value is -3.90. The number of benzene rings is 3. The zero-order valence-electron chi connectivity index (χ0n) is 16.6. The third-order valence-electron chi connectivity index (χ3n) is 4.11. The molecule has 7 heteroatoms. The van der Waals surface area contributed by atoms with Gasteiger partial charge in [-0.1, -0.05) is 23.7 Å². The molecule has 0 atom stereocenters. The third kappa shape index (κ3) is 6.83. The van der Waals surface area contributed by atoms with Crippen LogP contribution in [0, 0.1) is 0 Å². The summed E-state index contributed by atoms with van der Waals surface area (Å²) in [5.41, 5.74) is 4.47. The average molecular weight is 435 g/mol. The first kappa shape index (κ1) is 21.8. The lowest BCUT2D eigenvalue weighted by atomic mass is 10.2. The van der Waals surface area contributed by atoms with Gasteiger partial charge >= 0.3 is 5.97 Å². The lowest BCUT2D eigenvalue weighted by Crippen LogP contribution is -2.17. The topological polar surface area (TPSA) is 77.0 Å². The standard InChI is InChI=1S/C24H19ClN2O4/c1-30-21-11-2-17(3-12-21)6-15-23(28)31-22-13-4-18(5-14-22)16-26-27-24(29)19-7-9-20(25)10-8-19/h2-16H,1H3,(H,27,29). The summed E-state index contributed by atoms with van der Waals surface area (Å²) < 4.78 is 10.4. The van der Waals surface area contributed by atoms with Crippen LogP contribution in [0.1, 0.15) is 21.5 Å². The van der Waals surface area contributed by atoms with Gasteiger partial charge < -0.3 is 9.47 Å². The van der Waals surface area contributed by atoms with Crippen LogP contribution >= 0.6 is 11.6 Å². The number of hydrogen-bond acceptors (Lipinski definition) is 5. The molecule has 3 rings (SSSR count). The van der Waals surface area contributed by atoms with Gasteiger partial charge in [-0.2, -0.15) is 5.10 Å². The van der Waals surface area contributed by atoms with E-state index in [1.165, 1.54) is 12.3 Å². The quantitative estimate of drug-likeness (QED) is 0.192. The highest BCUT2D eigenvalue weighted by molar-refractivity contribution is 6.30. The fourth-order valence-corrected chi connectivity index (χ4v) is 2.61. The van der Waals surface area contributed by atoms with Gasteiger partial charge in [-0.25, -0.2) is 10.2 Å². The van der Waals surface area contributed by atoms with Gasteiger partial charge in [0, 0.05) is 16.7 Å². The molecule has 31 heavy (non-hydrogen) atoms. The molecule has 0 aromatic heterocycles. The maximum atomic E-state index is 12.0. The molecule has 0 saturated heterocycles. The lowest BCUT2D eigenvalue weighted by Gasteiger charge is -2.02. The first-order chi connectivity index (χ1) is 15.0. The van der Waals surface area contributed by atoms with E-state index in [-0.39, 0.29) is 5.91 Å². The summed E-state index contributed by atoms with van der Waals surface area (Å²) >= 11 is 5.80. The molecule has 0 heterocycles. The van der Waals surface area contributed by atoms with E-state index in [9.17, 15) is 9.59 Å². The largest absolute Gasteiger partial charge is 0.497 e. The van der Waals surface area contributed by atoms with Gasteiger partial charge in [0.1, 0.15) is 11.5 Å². The van der Waals surface area contributed by atoms with Crippen LogP contribution in [0.4, 0.5) is 0 Å². The van der Waals surface area contributed by atoms with Crippen molar-refractivity contribution in [3.63, 3.8) is 0 Å². The van der Waals surface area contributed by atoms with Crippen LogP contribution in [0.3, 0.4) is 0 Å². The van der Waals surface area contributed by atoms with Crippen molar-refractivity contribution in [3.05, 3.63) is 101 Å². The Balaban J connectivity index is 1.50. The van der Waals surface area contributed by atoms with Crippen molar-refractivity contribution in [1.82, 2.24) is 5.43 Å². The second kappa shape index (κ2) is 10.8. The average Bonchev–Trinajstić information content (AvgIpc) is 2.79. The van der Waals surface area contributed by atoms with E-state index in [1.54, 1.807) is 61.7 Å². The molecule has 0 aliphatic rings. The first-order valence-corrected chi connectivity index (χ1v) is 9.64. The van der Waals surface area contributed by atoms with Crippen molar-refractivity contribution in [2.24, 2.45) is 5.10 Å². The number of hydrogen-bond donors (Lipinski definition) is 1. The predicted octanol–water partition coefficient (Wildman–Crippen LogP) is 4.73. The molecule has 6 nitrogen and oxygen atoms in total. The monoisotopic (exact) mass is 434 g/mol. The van der Waals surface area contributed by atoms with E-state index in [0.29, 0.717) is 16.3 Å². The van der Waals surface area contributed by atoms with Gasteiger partial charge in [0.05, 0.1) is 13.3 Å². The predicted molar refractivity (Wildman–Crippen MR) is 121 cm³/mol. The number of halogens is 1. The Morgan fingerprint density at radius 2 is 1.48 bits per heavy atom. The van der Waals surface area contributed by atoms with Crippen LogP contribution in [0.5, 0.6) is 11.5 Å². The summed E-state index contributed by atoms with van der Waals surface area (Å²) in [5, 5.41) is 4.47. The van der Waals surface area contributed by atoms with E-state index >= 15 is 0 Å². The van der Waals surface area contributed by atoms with Gasteiger partial charge in [-0.05, 0) is 77.9 Å². The zero-order chi connectivity index (χ0) is 22.1. The van der Waals surface area contributed by atoms with Gasteiger partial charge in [0.15, 0.2) is 0 Å². The van der Waals surface area contributed by atoms with E-state index in [4.69, 9.17) is 21.1 Å². The van der Waals surface area contributed by atoms with E-state index in [1.807, 2.05) is 24.3 Å². The maximum Gasteiger partial charge on any atom is 0.336 e. The molecule has 1 N–H and O–H groups in total. The Kier molecular flexibility index (Phi) is 7.56. The molecule has 0 bridgehead atoms. The Morgan fingerprint density at radius 1 is 0.871 bits per heavy atom. The van der Waals surface area contributed by atoms with Crippen LogP contribution in [-0.4, -0.2) is 25.2 Å². The number of nitrogens with zero attached hydrogens (tertiary/aromatic N) is 1. The Morgan fingerprint density at radius 3 is 2.13 bits per heavy atom.